The summed E-state index contributed by atoms with van der Waals surface area (Å²) in [6.07, 6.45) is 4.26. The Bertz CT molecular complexity index is 11.4. The monoisotopic (exact) mass is 109 g/mol. The fraction of sp³-hybridized carbons (Fsp3) is 0.600. The molecule has 1 heteroatoms. The van der Waals surface area contributed by atoms with Gasteiger partial charge in [-0.05, 0) is 0 Å². The van der Waals surface area contributed by atoms with Gasteiger partial charge in [0.15, 0.2) is 0 Å². The van der Waals surface area contributed by atoms with Gasteiger partial charge in [-0.1, -0.05) is 6.92 Å². The number of rotatable bonds is 2. The Morgan fingerprint density at radius 1 is 1.67 bits per heavy atom. The first-order valence-electron chi connectivity index (χ1n) is 2.02. The number of hydrogen-bond acceptors (Lipinski definition) is 0. The van der Waals surface area contributed by atoms with Gasteiger partial charge in [0.2, 0.25) is 0 Å². The molecule has 0 bridgehead atoms. The van der Waals surface area contributed by atoms with E-state index in [0.717, 1.165) is 12.8 Å². The van der Waals surface area contributed by atoms with Crippen LogP contribution < -0.4 is 51.4 Å². The Morgan fingerprint density at radius 3 is 2.17 bits per heavy atom. The van der Waals surface area contributed by atoms with Crippen LogP contribution in [0, 0.1) is 13.3 Å². The second kappa shape index (κ2) is 9.81. The van der Waals surface area contributed by atoms with E-state index in [4.69, 9.17) is 0 Å². The van der Waals surface area contributed by atoms with Gasteiger partial charge in [0.1, 0.15) is 0 Å². The molecule has 0 amide bonds. The van der Waals surface area contributed by atoms with Crippen LogP contribution >= 0.6 is 0 Å². The van der Waals surface area contributed by atoms with Crippen molar-refractivity contribution in [3.63, 3.8) is 0 Å². The molecule has 0 radical (unpaired) electrons. The van der Waals surface area contributed by atoms with Crippen molar-refractivity contribution in [2.45, 2.75) is 19.8 Å². The van der Waals surface area contributed by atoms with Crippen molar-refractivity contribution < 1.29 is 51.4 Å². The topological polar surface area (TPSA) is 0 Å². The Balaban J connectivity index is 0. The van der Waals surface area contributed by atoms with Gasteiger partial charge in [0.25, 0.3) is 0 Å². The molecule has 0 spiro atoms. The molecule has 0 aromatic rings. The van der Waals surface area contributed by atoms with E-state index >= 15 is 0 Å². The van der Waals surface area contributed by atoms with Crippen LogP contribution in [0.2, 0.25) is 0 Å². The average Bonchev–Trinajstić information content (AvgIpc) is 1.41. The maximum Gasteiger partial charge on any atom is 1.00 e. The third-order valence-corrected chi connectivity index (χ3v) is 0.493. The van der Waals surface area contributed by atoms with Crippen molar-refractivity contribution in [1.29, 1.82) is 0 Å². The molecular weight excluding hydrogens is 99.2 g/mol. The van der Waals surface area contributed by atoms with Crippen LogP contribution in [-0.2, 0) is 0 Å². The molecule has 0 heterocycles. The van der Waals surface area contributed by atoms with Crippen molar-refractivity contribution in [3.05, 3.63) is 13.3 Å². The number of hydrogen-bond donors (Lipinski definition) is 0. The molecule has 0 rings (SSSR count). The standard InChI is InChI=1S/C5H10.K/c1-3-5-4-2;/h5H,1,3-4H2,2H3;/q-2;+1. The van der Waals surface area contributed by atoms with Crippen molar-refractivity contribution in [2.24, 2.45) is 0 Å². The SMILES string of the molecule is [CH2-]C[CH-]CC.[K+]. The molecule has 0 saturated heterocycles. The van der Waals surface area contributed by atoms with Crippen LogP contribution in [0.1, 0.15) is 19.8 Å². The normalized spacial score (nSPS) is 7.00. The fourth-order valence-electron chi connectivity index (χ4n) is 0.204. The molecular formula is C5H10K-. The summed E-state index contributed by atoms with van der Waals surface area (Å²) in [7, 11) is 0. The molecule has 0 atom stereocenters. The van der Waals surface area contributed by atoms with E-state index in [-0.39, 0.29) is 51.4 Å². The smallest absolute Gasteiger partial charge is 0.372 e. The molecule has 0 unspecified atom stereocenters. The minimum atomic E-state index is 0. The first-order valence-corrected chi connectivity index (χ1v) is 2.02. The molecule has 0 fully saturated rings. The van der Waals surface area contributed by atoms with Gasteiger partial charge in [-0.25, -0.2) is 0 Å². The summed E-state index contributed by atoms with van der Waals surface area (Å²) >= 11 is 0. The molecule has 0 N–H and O–H groups in total. The molecule has 0 aliphatic rings. The van der Waals surface area contributed by atoms with Crippen molar-refractivity contribution in [1.82, 2.24) is 0 Å². The van der Waals surface area contributed by atoms with Gasteiger partial charge in [-0.2, -0.15) is 6.42 Å². The maximum absolute atomic E-state index is 3.62. The van der Waals surface area contributed by atoms with Gasteiger partial charge >= 0.3 is 51.4 Å². The van der Waals surface area contributed by atoms with Crippen LogP contribution in [0.5, 0.6) is 0 Å². The van der Waals surface area contributed by atoms with Crippen molar-refractivity contribution in [2.75, 3.05) is 0 Å². The maximum atomic E-state index is 3.62. The van der Waals surface area contributed by atoms with E-state index in [0.29, 0.717) is 0 Å². The number of unbranched alkanes of at least 4 members (excludes halogenated alkanes) is 2. The minimum absolute atomic E-state index is 0. The third kappa shape index (κ3) is 9.16. The van der Waals surface area contributed by atoms with Crippen molar-refractivity contribution in [3.8, 4) is 0 Å². The molecule has 0 aromatic heterocycles. The Morgan fingerprint density at radius 2 is 2.17 bits per heavy atom. The minimum Gasteiger partial charge on any atom is -0.372 e. The van der Waals surface area contributed by atoms with Crippen LogP contribution in [0.3, 0.4) is 0 Å². The van der Waals surface area contributed by atoms with Gasteiger partial charge in [0.05, 0.1) is 0 Å². The third-order valence-electron chi connectivity index (χ3n) is 0.493. The first kappa shape index (κ1) is 10.6. The zero-order chi connectivity index (χ0) is 4.12. The van der Waals surface area contributed by atoms with Gasteiger partial charge in [0, 0.05) is 0 Å². The molecule has 0 aliphatic carbocycles. The summed E-state index contributed by atoms with van der Waals surface area (Å²) < 4.78 is 0. The van der Waals surface area contributed by atoms with E-state index in [9.17, 15) is 0 Å². The fourth-order valence-corrected chi connectivity index (χ4v) is 0.204. The van der Waals surface area contributed by atoms with Gasteiger partial charge in [-0.15, -0.1) is 0 Å². The van der Waals surface area contributed by atoms with Crippen LogP contribution in [-0.4, -0.2) is 0 Å². The summed E-state index contributed by atoms with van der Waals surface area (Å²) in [6.45, 7) is 5.74. The van der Waals surface area contributed by atoms with E-state index in [1.165, 1.54) is 0 Å². The molecule has 0 saturated carbocycles. The second-order valence-corrected chi connectivity index (χ2v) is 0.986. The molecule has 32 valence electrons. The Hall–Kier alpha value is 1.64. The Kier molecular flexibility index (Phi) is 17.3. The zero-order valence-electron chi connectivity index (χ0n) is 4.70. The van der Waals surface area contributed by atoms with E-state index in [1.54, 1.807) is 0 Å². The largest absolute Gasteiger partial charge is 1.00 e. The summed E-state index contributed by atoms with van der Waals surface area (Å²) in [5.41, 5.74) is 0. The van der Waals surface area contributed by atoms with Crippen molar-refractivity contribution >= 4 is 0 Å². The predicted octanol–water partition coefficient (Wildman–Crippen LogP) is -1.17. The van der Waals surface area contributed by atoms with E-state index in [2.05, 4.69) is 20.3 Å². The van der Waals surface area contributed by atoms with Crippen LogP contribution in [0.4, 0.5) is 0 Å². The predicted molar refractivity (Wildman–Crippen MR) is 24.6 cm³/mol. The molecule has 0 aromatic carbocycles. The molecule has 0 nitrogen and oxygen atoms in total. The van der Waals surface area contributed by atoms with Crippen LogP contribution in [0.15, 0.2) is 0 Å². The Labute approximate surface area is 83.1 Å². The molecule has 6 heavy (non-hydrogen) atoms. The summed E-state index contributed by atoms with van der Waals surface area (Å²) in [4.78, 5) is 0. The molecule has 0 aliphatic heterocycles. The van der Waals surface area contributed by atoms with Gasteiger partial charge in [-0.3, -0.25) is 0 Å². The summed E-state index contributed by atoms with van der Waals surface area (Å²) in [5.74, 6) is 0. The van der Waals surface area contributed by atoms with E-state index in [1.807, 2.05) is 0 Å². The van der Waals surface area contributed by atoms with E-state index < -0.39 is 0 Å². The second-order valence-electron chi connectivity index (χ2n) is 0.986. The summed E-state index contributed by atoms with van der Waals surface area (Å²) in [6, 6.07) is 0. The van der Waals surface area contributed by atoms with Gasteiger partial charge < -0.3 is 19.8 Å². The first-order chi connectivity index (χ1) is 2.41. The quantitative estimate of drug-likeness (QED) is 0.310. The zero-order valence-corrected chi connectivity index (χ0v) is 7.82. The summed E-state index contributed by atoms with van der Waals surface area (Å²) in [5, 5.41) is 0. The van der Waals surface area contributed by atoms with Crippen LogP contribution in [0.25, 0.3) is 0 Å². The average molecular weight is 109 g/mol.